The first-order chi connectivity index (χ1) is 12.3. The molecule has 2 atom stereocenters. The molecular formula is C20H32N2O4. The number of aliphatic hydroxyl groups excluding tert-OH is 1. The van der Waals surface area contributed by atoms with E-state index in [2.05, 4.69) is 11.5 Å². The molecule has 2 heterocycles. The maximum Gasteiger partial charge on any atom is 0.255 e. The second-order valence-corrected chi connectivity index (χ2v) is 6.65. The van der Waals surface area contributed by atoms with E-state index in [0.29, 0.717) is 12.1 Å². The summed E-state index contributed by atoms with van der Waals surface area (Å²) in [7, 11) is 2.02. The number of amides is 1. The second kappa shape index (κ2) is 12.3. The van der Waals surface area contributed by atoms with Crippen LogP contribution >= 0.6 is 0 Å². The fraction of sp³-hybridized carbons (Fsp3) is 0.550. The Morgan fingerprint density at radius 3 is 2.23 bits per heavy atom. The van der Waals surface area contributed by atoms with Gasteiger partial charge in [0.15, 0.2) is 0 Å². The molecule has 1 amide bonds. The van der Waals surface area contributed by atoms with Crippen molar-refractivity contribution in [3.63, 3.8) is 0 Å². The number of rotatable bonds is 5. The van der Waals surface area contributed by atoms with Crippen LogP contribution in [0.3, 0.4) is 0 Å². The Kier molecular flexibility index (Phi) is 11.4. The zero-order chi connectivity index (χ0) is 20.3. The Morgan fingerprint density at radius 1 is 1.31 bits per heavy atom. The molecule has 1 unspecified atom stereocenters. The number of carbonyl (C=O) groups is 3. The van der Waals surface area contributed by atoms with E-state index in [1.165, 1.54) is 0 Å². The molecule has 0 bridgehead atoms. The van der Waals surface area contributed by atoms with E-state index < -0.39 is 0 Å². The van der Waals surface area contributed by atoms with Gasteiger partial charge in [-0.05, 0) is 31.9 Å². The molecule has 1 N–H and O–H groups in total. The number of aliphatic hydroxyl groups is 1. The Balaban J connectivity index is 0.000000575. The predicted octanol–water partition coefficient (Wildman–Crippen LogP) is 1.61. The minimum absolute atomic E-state index is 0.0509. The molecule has 6 nitrogen and oxygen atoms in total. The number of hydrogen-bond acceptors (Lipinski definition) is 5. The van der Waals surface area contributed by atoms with Gasteiger partial charge in [0.05, 0.1) is 12.1 Å². The van der Waals surface area contributed by atoms with Crippen molar-refractivity contribution >= 4 is 19.0 Å². The molecule has 0 saturated carbocycles. The zero-order valence-electron chi connectivity index (χ0n) is 16.4. The van der Waals surface area contributed by atoms with E-state index in [1.54, 1.807) is 17.1 Å². The molecule has 0 radical (unpaired) electrons. The summed E-state index contributed by atoms with van der Waals surface area (Å²) in [5.41, 5.74) is 1.54. The summed E-state index contributed by atoms with van der Waals surface area (Å²) in [5, 5.41) is 8.86. The lowest BCUT2D eigenvalue weighted by atomic mass is 10.0. The summed E-state index contributed by atoms with van der Waals surface area (Å²) in [6.07, 6.45) is 7.05. The van der Waals surface area contributed by atoms with Crippen LogP contribution in [-0.2, 0) is 14.4 Å². The monoisotopic (exact) mass is 364 g/mol. The number of carbonyl (C=O) groups excluding carboxylic acids is 3. The first-order valence-electron chi connectivity index (χ1n) is 8.75. The van der Waals surface area contributed by atoms with Crippen LogP contribution in [0.15, 0.2) is 36.0 Å². The fourth-order valence-electron chi connectivity index (χ4n) is 2.90. The van der Waals surface area contributed by atoms with Crippen LogP contribution in [0.5, 0.6) is 0 Å². The van der Waals surface area contributed by atoms with Crippen molar-refractivity contribution in [1.82, 2.24) is 9.80 Å². The highest BCUT2D eigenvalue weighted by atomic mass is 16.3. The second-order valence-electron chi connectivity index (χ2n) is 6.65. The van der Waals surface area contributed by atoms with Gasteiger partial charge in [-0.15, -0.1) is 0 Å². The predicted molar refractivity (Wildman–Crippen MR) is 104 cm³/mol. The molecule has 26 heavy (non-hydrogen) atoms. The Labute approximate surface area is 156 Å². The normalized spacial score (nSPS) is 21.4. The molecule has 0 aliphatic carbocycles. The van der Waals surface area contributed by atoms with Crippen molar-refractivity contribution in [3.05, 3.63) is 36.0 Å². The summed E-state index contributed by atoms with van der Waals surface area (Å²) in [6, 6.07) is -0.361. The third-order valence-corrected chi connectivity index (χ3v) is 4.31. The van der Waals surface area contributed by atoms with Crippen LogP contribution in [0.1, 0.15) is 27.2 Å². The van der Waals surface area contributed by atoms with Gasteiger partial charge in [-0.3, -0.25) is 4.79 Å². The van der Waals surface area contributed by atoms with Crippen LogP contribution in [0.2, 0.25) is 0 Å². The Morgan fingerprint density at radius 2 is 1.92 bits per heavy atom. The van der Waals surface area contributed by atoms with E-state index in [-0.39, 0.29) is 24.0 Å². The van der Waals surface area contributed by atoms with Crippen LogP contribution in [0, 0.1) is 5.92 Å². The molecule has 1 fully saturated rings. The van der Waals surface area contributed by atoms with Gasteiger partial charge < -0.3 is 24.5 Å². The number of allylic oxidation sites excluding steroid dienone is 1. The first kappa shape index (κ1) is 23.9. The maximum absolute atomic E-state index is 12.2. The lowest BCUT2D eigenvalue weighted by molar-refractivity contribution is -0.132. The number of β-amino-alcohol motifs (C(OH)–C–C–N with tert-alkyl or cyclic N) is 1. The van der Waals surface area contributed by atoms with Gasteiger partial charge in [-0.2, -0.15) is 0 Å². The number of nitrogens with zero attached hydrogens (tertiary/aromatic N) is 2. The summed E-state index contributed by atoms with van der Waals surface area (Å²) in [4.78, 5) is 35.0. The average molecular weight is 364 g/mol. The lowest BCUT2D eigenvalue weighted by Crippen LogP contribution is -2.42. The van der Waals surface area contributed by atoms with E-state index >= 15 is 0 Å². The third-order valence-electron chi connectivity index (χ3n) is 4.31. The van der Waals surface area contributed by atoms with Gasteiger partial charge in [0.25, 0.3) is 5.91 Å². The number of likely N-dealkylation sites (N-methyl/N-ethyl adjacent to an activating group) is 1. The molecule has 146 valence electrons. The van der Waals surface area contributed by atoms with Gasteiger partial charge >= 0.3 is 0 Å². The molecule has 1 saturated heterocycles. The Hall–Kier alpha value is -2.05. The van der Waals surface area contributed by atoms with Gasteiger partial charge in [0, 0.05) is 25.2 Å². The topological polar surface area (TPSA) is 77.9 Å². The summed E-state index contributed by atoms with van der Waals surface area (Å²) < 4.78 is 0. The summed E-state index contributed by atoms with van der Waals surface area (Å²) >= 11 is 0. The molecule has 0 aromatic carbocycles. The lowest BCUT2D eigenvalue weighted by Gasteiger charge is -2.26. The van der Waals surface area contributed by atoms with Gasteiger partial charge in [0.2, 0.25) is 0 Å². The van der Waals surface area contributed by atoms with E-state index in [0.717, 1.165) is 31.4 Å². The number of likely N-dealkylation sites (tertiary alicyclic amines) is 1. The first-order valence-corrected chi connectivity index (χ1v) is 8.75. The standard InChI is InChI=1S/C14H19NO2.C5H11NO.CH2O/c1-5-7-12-11(6-2)8-15(14(12)17)13(9-16)10(3)4;1-6-3-2-5(7)4-6;1-2/h5-7,9-10,13H,2,8H2,1,3-4H3;5,7H,2-4H2,1H3;1H2/b7-5-;;/t13-;;/m1../s1. The number of aldehydes is 1. The molecule has 6 heteroatoms. The number of hydrogen-bond donors (Lipinski definition) is 1. The van der Waals surface area contributed by atoms with E-state index in [4.69, 9.17) is 9.90 Å². The van der Waals surface area contributed by atoms with E-state index in [1.807, 2.05) is 40.7 Å². The molecule has 2 aliphatic heterocycles. The maximum atomic E-state index is 12.2. The van der Waals surface area contributed by atoms with Gasteiger partial charge in [-0.25, -0.2) is 0 Å². The zero-order valence-corrected chi connectivity index (χ0v) is 16.4. The van der Waals surface area contributed by atoms with Gasteiger partial charge in [0.1, 0.15) is 13.1 Å². The van der Waals surface area contributed by atoms with Crippen molar-refractivity contribution in [2.75, 3.05) is 26.7 Å². The minimum atomic E-state index is -0.361. The van der Waals surface area contributed by atoms with Crippen molar-refractivity contribution < 1.29 is 19.5 Å². The van der Waals surface area contributed by atoms with Crippen LogP contribution in [-0.4, -0.2) is 72.7 Å². The highest BCUT2D eigenvalue weighted by Gasteiger charge is 2.33. The third kappa shape index (κ3) is 6.69. The smallest absolute Gasteiger partial charge is 0.255 e. The fourth-order valence-corrected chi connectivity index (χ4v) is 2.90. The largest absolute Gasteiger partial charge is 0.392 e. The van der Waals surface area contributed by atoms with Crippen LogP contribution < -0.4 is 0 Å². The van der Waals surface area contributed by atoms with Gasteiger partial charge in [-0.1, -0.05) is 38.7 Å². The SMILES string of the molecule is C=CC1=C(/C=C\C)C(=O)N([C@H](C=O)C(C)C)C1.C=O.CN1CCC(O)C1. The average Bonchev–Trinajstić information content (AvgIpc) is 3.14. The molecule has 0 aromatic heterocycles. The Bertz CT molecular complexity index is 532. The van der Waals surface area contributed by atoms with Crippen LogP contribution in [0.4, 0.5) is 0 Å². The molecule has 2 aliphatic rings. The quantitative estimate of drug-likeness (QED) is 0.750. The van der Waals surface area contributed by atoms with Crippen molar-refractivity contribution in [3.8, 4) is 0 Å². The summed E-state index contributed by atoms with van der Waals surface area (Å²) in [5.74, 6) is 0.0382. The van der Waals surface area contributed by atoms with Crippen molar-refractivity contribution in [2.24, 2.45) is 5.92 Å². The molecule has 0 aromatic rings. The van der Waals surface area contributed by atoms with Crippen molar-refractivity contribution in [2.45, 2.75) is 39.3 Å². The molecular weight excluding hydrogens is 332 g/mol. The summed E-state index contributed by atoms with van der Waals surface area (Å²) in [6.45, 7) is 13.8. The molecule has 2 rings (SSSR count). The highest BCUT2D eigenvalue weighted by molar-refractivity contribution is 6.01. The van der Waals surface area contributed by atoms with E-state index in [9.17, 15) is 9.59 Å². The molecule has 0 spiro atoms. The van der Waals surface area contributed by atoms with Crippen LogP contribution in [0.25, 0.3) is 0 Å². The van der Waals surface area contributed by atoms with Crippen molar-refractivity contribution in [1.29, 1.82) is 0 Å². The highest BCUT2D eigenvalue weighted by Crippen LogP contribution is 2.25. The minimum Gasteiger partial charge on any atom is -0.392 e.